The first kappa shape index (κ1) is 13.4. The molecular weight excluding hydrogens is 264 g/mol. The molecule has 0 atom stereocenters. The Kier molecular flexibility index (Phi) is 4.01. The van der Waals surface area contributed by atoms with E-state index in [1.54, 1.807) is 11.6 Å². The van der Waals surface area contributed by atoms with Crippen LogP contribution in [-0.4, -0.2) is 26.1 Å². The van der Waals surface area contributed by atoms with Crippen LogP contribution in [0.25, 0.3) is 0 Å². The summed E-state index contributed by atoms with van der Waals surface area (Å²) in [6.45, 7) is 1.89. The molecule has 6 heteroatoms. The van der Waals surface area contributed by atoms with E-state index in [9.17, 15) is 10.2 Å². The minimum atomic E-state index is -0.113. The van der Waals surface area contributed by atoms with Gasteiger partial charge < -0.3 is 15.4 Å². The lowest BCUT2D eigenvalue weighted by Crippen LogP contribution is -2.07. The van der Waals surface area contributed by atoms with Gasteiger partial charge in [0.15, 0.2) is 0 Å². The molecule has 0 aliphatic rings. The molecule has 0 aliphatic carbocycles. The standard InChI is InChI=1S/C13H14N2O3S/c1-2-8-3-10(13(17)5-12(8)16)11(15-18)4-9-6-19-7-14-9/h3,5-7,16-18H,2,4H2,1H3/b15-11+. The van der Waals surface area contributed by atoms with Crippen LogP contribution in [0, 0.1) is 0 Å². The fourth-order valence-corrected chi connectivity index (χ4v) is 2.38. The first-order chi connectivity index (χ1) is 9.15. The zero-order valence-corrected chi connectivity index (χ0v) is 11.2. The van der Waals surface area contributed by atoms with E-state index in [0.717, 1.165) is 5.69 Å². The number of aromatic hydroxyl groups is 2. The van der Waals surface area contributed by atoms with Gasteiger partial charge in [0.25, 0.3) is 0 Å². The summed E-state index contributed by atoms with van der Waals surface area (Å²) < 4.78 is 0. The molecule has 1 aromatic carbocycles. The van der Waals surface area contributed by atoms with Crippen molar-refractivity contribution in [2.24, 2.45) is 5.16 Å². The molecule has 100 valence electrons. The molecule has 1 aromatic heterocycles. The predicted molar refractivity (Wildman–Crippen MR) is 73.3 cm³/mol. The van der Waals surface area contributed by atoms with Crippen molar-refractivity contribution >= 4 is 17.0 Å². The highest BCUT2D eigenvalue weighted by atomic mass is 32.1. The van der Waals surface area contributed by atoms with Gasteiger partial charge in [-0.3, -0.25) is 0 Å². The van der Waals surface area contributed by atoms with Crippen LogP contribution in [0.4, 0.5) is 0 Å². The number of rotatable bonds is 4. The number of oxime groups is 1. The zero-order chi connectivity index (χ0) is 13.8. The second kappa shape index (κ2) is 5.71. The number of phenols is 2. The number of benzene rings is 1. The van der Waals surface area contributed by atoms with Gasteiger partial charge in [0.05, 0.1) is 16.9 Å². The van der Waals surface area contributed by atoms with Gasteiger partial charge in [-0.25, -0.2) is 4.98 Å². The summed E-state index contributed by atoms with van der Waals surface area (Å²) in [5, 5.41) is 33.7. The van der Waals surface area contributed by atoms with Crippen molar-refractivity contribution in [3.8, 4) is 11.5 Å². The predicted octanol–water partition coefficient (Wildman–Crippen LogP) is 2.54. The van der Waals surface area contributed by atoms with Crippen molar-refractivity contribution in [1.29, 1.82) is 0 Å². The summed E-state index contributed by atoms with van der Waals surface area (Å²) in [4.78, 5) is 4.11. The number of hydrogen-bond donors (Lipinski definition) is 3. The first-order valence-corrected chi connectivity index (χ1v) is 6.73. The summed E-state index contributed by atoms with van der Waals surface area (Å²) in [6.07, 6.45) is 0.940. The van der Waals surface area contributed by atoms with Crippen LogP contribution in [0.15, 0.2) is 28.2 Å². The van der Waals surface area contributed by atoms with Gasteiger partial charge in [0.2, 0.25) is 0 Å². The van der Waals surface area contributed by atoms with E-state index in [-0.39, 0.29) is 11.5 Å². The zero-order valence-electron chi connectivity index (χ0n) is 10.4. The number of hydrogen-bond acceptors (Lipinski definition) is 6. The highest BCUT2D eigenvalue weighted by Crippen LogP contribution is 2.29. The highest BCUT2D eigenvalue weighted by Gasteiger charge is 2.15. The minimum absolute atomic E-state index is 0.0368. The molecule has 2 aromatic rings. The fraction of sp³-hybridized carbons (Fsp3) is 0.231. The highest BCUT2D eigenvalue weighted by molar-refractivity contribution is 7.07. The Morgan fingerprint density at radius 3 is 2.68 bits per heavy atom. The fourth-order valence-electron chi connectivity index (χ4n) is 1.82. The second-order valence-electron chi connectivity index (χ2n) is 4.05. The van der Waals surface area contributed by atoms with Crippen LogP contribution < -0.4 is 0 Å². The second-order valence-corrected chi connectivity index (χ2v) is 4.77. The van der Waals surface area contributed by atoms with E-state index in [4.69, 9.17) is 5.21 Å². The lowest BCUT2D eigenvalue weighted by atomic mass is 10.0. The SMILES string of the molecule is CCc1cc(/C(Cc2cscn2)=N/O)c(O)cc1O. The maximum atomic E-state index is 9.87. The lowest BCUT2D eigenvalue weighted by Gasteiger charge is -2.09. The minimum Gasteiger partial charge on any atom is -0.508 e. The summed E-state index contributed by atoms with van der Waals surface area (Å²) in [5.74, 6) is -0.0765. The van der Waals surface area contributed by atoms with E-state index >= 15 is 0 Å². The van der Waals surface area contributed by atoms with Gasteiger partial charge in [0, 0.05) is 23.4 Å². The number of nitrogens with zero attached hydrogens (tertiary/aromatic N) is 2. The smallest absolute Gasteiger partial charge is 0.128 e. The number of aromatic nitrogens is 1. The van der Waals surface area contributed by atoms with Gasteiger partial charge in [-0.1, -0.05) is 12.1 Å². The van der Waals surface area contributed by atoms with Crippen molar-refractivity contribution in [1.82, 2.24) is 4.98 Å². The van der Waals surface area contributed by atoms with Gasteiger partial charge in [-0.2, -0.15) is 0 Å². The molecule has 19 heavy (non-hydrogen) atoms. The Morgan fingerprint density at radius 1 is 1.32 bits per heavy atom. The molecule has 0 bridgehead atoms. The molecule has 0 fully saturated rings. The number of thiazole rings is 1. The summed E-state index contributed by atoms with van der Waals surface area (Å²) in [5.41, 5.74) is 3.87. The monoisotopic (exact) mass is 278 g/mol. The number of phenolic OH excluding ortho intramolecular Hbond substituents is 2. The number of aryl methyl sites for hydroxylation is 1. The average Bonchev–Trinajstić information content (AvgIpc) is 2.89. The Labute approximate surface area is 114 Å². The molecule has 0 spiro atoms. The lowest BCUT2D eigenvalue weighted by molar-refractivity contribution is 0.318. The summed E-state index contributed by atoms with van der Waals surface area (Å²) >= 11 is 1.45. The summed E-state index contributed by atoms with van der Waals surface area (Å²) in [6, 6.07) is 2.90. The Morgan fingerprint density at radius 2 is 2.11 bits per heavy atom. The molecule has 0 aliphatic heterocycles. The van der Waals surface area contributed by atoms with E-state index in [2.05, 4.69) is 10.1 Å². The van der Waals surface area contributed by atoms with Crippen LogP contribution in [0.2, 0.25) is 0 Å². The van der Waals surface area contributed by atoms with Crippen molar-refractivity contribution in [2.75, 3.05) is 0 Å². The molecule has 0 saturated heterocycles. The Bertz CT molecular complexity index is 594. The first-order valence-electron chi connectivity index (χ1n) is 5.79. The van der Waals surface area contributed by atoms with Crippen LogP contribution in [-0.2, 0) is 12.8 Å². The molecule has 0 amide bonds. The van der Waals surface area contributed by atoms with Gasteiger partial charge in [0.1, 0.15) is 11.5 Å². The topological polar surface area (TPSA) is 85.9 Å². The molecular formula is C13H14N2O3S. The molecule has 0 unspecified atom stereocenters. The van der Waals surface area contributed by atoms with Crippen LogP contribution in [0.1, 0.15) is 23.7 Å². The van der Waals surface area contributed by atoms with Crippen LogP contribution in [0.3, 0.4) is 0 Å². The molecule has 3 N–H and O–H groups in total. The maximum absolute atomic E-state index is 9.87. The third-order valence-corrected chi connectivity index (χ3v) is 3.48. The quantitative estimate of drug-likeness (QED) is 0.456. The van der Waals surface area contributed by atoms with E-state index in [1.165, 1.54) is 17.4 Å². The maximum Gasteiger partial charge on any atom is 0.128 e. The Hall–Kier alpha value is -2.08. The third kappa shape index (κ3) is 2.85. The van der Waals surface area contributed by atoms with E-state index < -0.39 is 0 Å². The van der Waals surface area contributed by atoms with Gasteiger partial charge >= 0.3 is 0 Å². The van der Waals surface area contributed by atoms with Crippen LogP contribution in [0.5, 0.6) is 11.5 Å². The van der Waals surface area contributed by atoms with Crippen molar-refractivity contribution < 1.29 is 15.4 Å². The van der Waals surface area contributed by atoms with Crippen molar-refractivity contribution in [2.45, 2.75) is 19.8 Å². The normalized spacial score (nSPS) is 11.7. The summed E-state index contributed by atoms with van der Waals surface area (Å²) in [7, 11) is 0. The largest absolute Gasteiger partial charge is 0.508 e. The molecule has 2 rings (SSSR count). The molecule has 0 saturated carbocycles. The molecule has 1 heterocycles. The van der Waals surface area contributed by atoms with Crippen LogP contribution >= 0.6 is 11.3 Å². The average molecular weight is 278 g/mol. The molecule has 5 nitrogen and oxygen atoms in total. The third-order valence-electron chi connectivity index (χ3n) is 2.84. The van der Waals surface area contributed by atoms with E-state index in [1.807, 2.05) is 12.3 Å². The van der Waals surface area contributed by atoms with E-state index in [0.29, 0.717) is 29.7 Å². The Balaban J connectivity index is 2.38. The van der Waals surface area contributed by atoms with Crippen molar-refractivity contribution in [3.63, 3.8) is 0 Å². The molecule has 0 radical (unpaired) electrons. The van der Waals surface area contributed by atoms with Gasteiger partial charge in [-0.15, -0.1) is 11.3 Å². The van der Waals surface area contributed by atoms with Gasteiger partial charge in [-0.05, 0) is 18.1 Å². The van der Waals surface area contributed by atoms with Crippen molar-refractivity contribution in [3.05, 3.63) is 39.8 Å².